The van der Waals surface area contributed by atoms with Crippen molar-refractivity contribution in [2.75, 3.05) is 21.3 Å². The molecule has 6 atom stereocenters. The highest BCUT2D eigenvalue weighted by molar-refractivity contribution is 6.74. The number of likely N-dealkylation sites (tertiary alicyclic amines) is 1. The molecule has 36 heavy (non-hydrogen) atoms. The Labute approximate surface area is 214 Å². The number of β-lactam (4-membered cyclic amide) rings is 1. The fraction of sp³-hybridized carbons (Fsp3) is 0.654. The minimum atomic E-state index is -2.40. The molecule has 10 heteroatoms. The number of methoxy groups -OCH3 is 3. The van der Waals surface area contributed by atoms with Crippen LogP contribution in [0.3, 0.4) is 0 Å². The van der Waals surface area contributed by atoms with E-state index < -0.39 is 56.5 Å². The topological polar surface area (TPSA) is 103 Å². The number of esters is 2. The van der Waals surface area contributed by atoms with Crippen molar-refractivity contribution in [3.63, 3.8) is 0 Å². The van der Waals surface area contributed by atoms with Gasteiger partial charge < -0.3 is 23.5 Å². The largest absolute Gasteiger partial charge is 0.469 e. The number of hydrogen-bond acceptors (Lipinski definition) is 8. The number of nitrogens with one attached hydrogen (secondary N) is 1. The van der Waals surface area contributed by atoms with Crippen LogP contribution in [0.4, 0.5) is 0 Å². The Morgan fingerprint density at radius 2 is 1.69 bits per heavy atom. The molecule has 0 unspecified atom stereocenters. The van der Waals surface area contributed by atoms with Crippen molar-refractivity contribution >= 4 is 26.2 Å². The minimum Gasteiger partial charge on any atom is -0.469 e. The van der Waals surface area contributed by atoms with Crippen molar-refractivity contribution in [2.24, 2.45) is 5.92 Å². The maximum absolute atomic E-state index is 13.2. The van der Waals surface area contributed by atoms with Crippen molar-refractivity contribution in [2.45, 2.75) is 82.2 Å². The van der Waals surface area contributed by atoms with Crippen LogP contribution < -0.4 is 5.32 Å². The predicted octanol–water partition coefficient (Wildman–Crippen LogP) is 2.50. The van der Waals surface area contributed by atoms with Crippen LogP contribution >= 0.6 is 0 Å². The number of benzene rings is 1. The molecule has 1 amide bonds. The molecular formula is C26H40N2O7Si. The van der Waals surface area contributed by atoms with E-state index in [4.69, 9.17) is 18.6 Å². The second-order valence-electron chi connectivity index (χ2n) is 11.1. The number of amides is 1. The van der Waals surface area contributed by atoms with Crippen LogP contribution in [0.15, 0.2) is 30.3 Å². The van der Waals surface area contributed by atoms with Gasteiger partial charge in [0.1, 0.15) is 6.04 Å². The van der Waals surface area contributed by atoms with E-state index in [1.165, 1.54) is 21.3 Å². The highest BCUT2D eigenvalue weighted by Gasteiger charge is 2.59. The van der Waals surface area contributed by atoms with Gasteiger partial charge in [-0.1, -0.05) is 51.1 Å². The van der Waals surface area contributed by atoms with Gasteiger partial charge in [-0.05, 0) is 30.1 Å². The average Bonchev–Trinajstić information content (AvgIpc) is 3.29. The molecule has 0 radical (unpaired) electrons. The predicted molar refractivity (Wildman–Crippen MR) is 136 cm³/mol. The van der Waals surface area contributed by atoms with E-state index in [1.54, 1.807) is 4.90 Å². The standard InChI is InChI=1S/C26H40N2O7Si/c1-26(2,3)36(7,8)35-21(19-17(24(30)33-5)14-18(27-19)25(31)34-6)20-22(32-4)23(29)28(20)15-16-12-10-9-11-13-16/h9-13,17-22,27H,14-15H2,1-8H3/t17-,18-,19+,20-,21+,22+/m0/s1. The van der Waals surface area contributed by atoms with Crippen LogP contribution in [0, 0.1) is 5.92 Å². The summed E-state index contributed by atoms with van der Waals surface area (Å²) in [5, 5.41) is 3.17. The first-order chi connectivity index (χ1) is 16.9. The molecule has 0 aromatic heterocycles. The van der Waals surface area contributed by atoms with Gasteiger partial charge in [-0.3, -0.25) is 19.7 Å². The molecule has 3 rings (SSSR count). The minimum absolute atomic E-state index is 0.132. The summed E-state index contributed by atoms with van der Waals surface area (Å²) in [6.45, 7) is 11.0. The van der Waals surface area contributed by atoms with Gasteiger partial charge in [0.25, 0.3) is 5.91 Å². The van der Waals surface area contributed by atoms with Gasteiger partial charge in [-0.25, -0.2) is 0 Å². The molecule has 0 aliphatic carbocycles. The Bertz CT molecular complexity index is 949. The first kappa shape index (κ1) is 28.3. The lowest BCUT2D eigenvalue weighted by atomic mass is 9.83. The molecule has 0 saturated carbocycles. The average molecular weight is 521 g/mol. The van der Waals surface area contributed by atoms with Crippen molar-refractivity contribution in [1.29, 1.82) is 0 Å². The van der Waals surface area contributed by atoms with Crippen molar-refractivity contribution in [1.82, 2.24) is 10.2 Å². The van der Waals surface area contributed by atoms with E-state index in [9.17, 15) is 14.4 Å². The molecular weight excluding hydrogens is 480 g/mol. The normalized spacial score (nSPS) is 27.4. The molecule has 1 aromatic rings. The zero-order chi connectivity index (χ0) is 26.8. The molecule has 2 fully saturated rings. The van der Waals surface area contributed by atoms with Crippen LogP contribution in [-0.4, -0.2) is 82.7 Å². The van der Waals surface area contributed by atoms with E-state index >= 15 is 0 Å². The summed E-state index contributed by atoms with van der Waals surface area (Å²) in [5.41, 5.74) is 0.979. The summed E-state index contributed by atoms with van der Waals surface area (Å²) in [4.78, 5) is 40.3. The van der Waals surface area contributed by atoms with Gasteiger partial charge in [0, 0.05) is 19.7 Å². The third-order valence-electron chi connectivity index (χ3n) is 7.88. The smallest absolute Gasteiger partial charge is 0.322 e. The van der Waals surface area contributed by atoms with Crippen LogP contribution in [-0.2, 0) is 39.6 Å². The maximum atomic E-state index is 13.2. The molecule has 2 aliphatic rings. The lowest BCUT2D eigenvalue weighted by Crippen LogP contribution is -2.73. The number of carbonyl (C=O) groups is 3. The summed E-state index contributed by atoms with van der Waals surface area (Å²) < 4.78 is 22.7. The maximum Gasteiger partial charge on any atom is 0.322 e. The zero-order valence-electron chi connectivity index (χ0n) is 22.6. The first-order valence-electron chi connectivity index (χ1n) is 12.3. The number of ether oxygens (including phenoxy) is 3. The monoisotopic (exact) mass is 520 g/mol. The fourth-order valence-corrected chi connectivity index (χ4v) is 6.13. The van der Waals surface area contributed by atoms with Gasteiger partial charge in [0.2, 0.25) is 0 Å². The lowest BCUT2D eigenvalue weighted by molar-refractivity contribution is -0.184. The van der Waals surface area contributed by atoms with Gasteiger partial charge in [0.15, 0.2) is 14.4 Å². The third-order valence-corrected chi connectivity index (χ3v) is 12.4. The number of nitrogens with zero attached hydrogens (tertiary/aromatic N) is 1. The first-order valence-corrected chi connectivity index (χ1v) is 15.2. The van der Waals surface area contributed by atoms with E-state index in [2.05, 4.69) is 39.2 Å². The van der Waals surface area contributed by atoms with Crippen molar-refractivity contribution in [3.8, 4) is 0 Å². The summed E-state index contributed by atoms with van der Waals surface area (Å²) in [6.07, 6.45) is -1.12. The van der Waals surface area contributed by atoms with Gasteiger partial charge in [0.05, 0.1) is 32.3 Å². The Hall–Kier alpha value is -2.27. The molecule has 1 aromatic carbocycles. The quantitative estimate of drug-likeness (QED) is 0.301. The van der Waals surface area contributed by atoms with E-state index in [0.717, 1.165) is 5.56 Å². The van der Waals surface area contributed by atoms with Gasteiger partial charge in [-0.2, -0.15) is 0 Å². The van der Waals surface area contributed by atoms with Gasteiger partial charge in [-0.15, -0.1) is 0 Å². The lowest BCUT2D eigenvalue weighted by Gasteiger charge is -2.53. The summed E-state index contributed by atoms with van der Waals surface area (Å²) in [5.74, 6) is -1.67. The van der Waals surface area contributed by atoms with Crippen molar-refractivity contribution in [3.05, 3.63) is 35.9 Å². The number of hydrogen-bond donors (Lipinski definition) is 1. The van der Waals surface area contributed by atoms with Crippen LogP contribution in [0.25, 0.3) is 0 Å². The Balaban J connectivity index is 2.05. The van der Waals surface area contributed by atoms with Crippen LogP contribution in [0.2, 0.25) is 18.1 Å². The molecule has 0 bridgehead atoms. The molecule has 2 aliphatic heterocycles. The zero-order valence-corrected chi connectivity index (χ0v) is 23.6. The molecule has 200 valence electrons. The summed E-state index contributed by atoms with van der Waals surface area (Å²) in [6, 6.07) is 7.99. The van der Waals surface area contributed by atoms with E-state index in [1.807, 2.05) is 30.3 Å². The number of rotatable bonds is 9. The number of carbonyl (C=O) groups excluding carboxylic acids is 3. The Kier molecular flexibility index (Phi) is 8.65. The van der Waals surface area contributed by atoms with Crippen LogP contribution in [0.5, 0.6) is 0 Å². The second-order valence-corrected chi connectivity index (χ2v) is 15.8. The van der Waals surface area contributed by atoms with Gasteiger partial charge >= 0.3 is 11.9 Å². The molecule has 1 N–H and O–H groups in total. The highest BCUT2D eigenvalue weighted by Crippen LogP contribution is 2.42. The third kappa shape index (κ3) is 5.51. The van der Waals surface area contributed by atoms with E-state index in [-0.39, 0.29) is 17.4 Å². The van der Waals surface area contributed by atoms with E-state index in [0.29, 0.717) is 6.54 Å². The Morgan fingerprint density at radius 3 is 2.22 bits per heavy atom. The highest BCUT2D eigenvalue weighted by atomic mass is 28.4. The second kappa shape index (κ2) is 11.0. The van der Waals surface area contributed by atoms with Crippen molar-refractivity contribution < 1.29 is 33.0 Å². The summed E-state index contributed by atoms with van der Waals surface area (Å²) in [7, 11) is 1.76. The van der Waals surface area contributed by atoms with Crippen LogP contribution in [0.1, 0.15) is 32.8 Å². The SMILES string of the molecule is COC(=O)[C@@H]1C[C@H](C(=O)OC)[C@H]([C@@H](O[Si](C)(C)C(C)(C)C)[C@H]2[C@@H](OC)C(=O)N2Cc2ccccc2)N1. The molecule has 0 spiro atoms. The molecule has 2 saturated heterocycles. The summed E-state index contributed by atoms with van der Waals surface area (Å²) >= 11 is 0. The Morgan fingerprint density at radius 1 is 1.08 bits per heavy atom. The molecule has 9 nitrogen and oxygen atoms in total. The fourth-order valence-electron chi connectivity index (χ4n) is 4.81. The molecule has 2 heterocycles.